The van der Waals surface area contributed by atoms with Crippen molar-refractivity contribution < 1.29 is 9.53 Å². The Labute approximate surface area is 85.5 Å². The number of thiazole rings is 1. The summed E-state index contributed by atoms with van der Waals surface area (Å²) in [5.74, 6) is 1.64. The van der Waals surface area contributed by atoms with E-state index in [4.69, 9.17) is 0 Å². The number of carbonyl (C=O) groups excluding carboxylic acids is 1. The number of methoxy groups -OCH3 is 1. The van der Waals surface area contributed by atoms with E-state index in [1.807, 2.05) is 0 Å². The summed E-state index contributed by atoms with van der Waals surface area (Å²) >= 11 is 3.19. The zero-order valence-corrected chi connectivity index (χ0v) is 9.20. The highest BCUT2D eigenvalue weighted by molar-refractivity contribution is 7.98. The van der Waals surface area contributed by atoms with Gasteiger partial charge in [-0.3, -0.25) is 0 Å². The first-order valence-electron chi connectivity index (χ1n) is 3.88. The molecule has 0 radical (unpaired) electrons. The van der Waals surface area contributed by atoms with Gasteiger partial charge in [0.15, 0.2) is 0 Å². The SMILES string of the molecule is CCSCc1ncc(C(=O)OC)s1. The van der Waals surface area contributed by atoms with Crippen LogP contribution in [0.4, 0.5) is 0 Å². The summed E-state index contributed by atoms with van der Waals surface area (Å²) < 4.78 is 4.58. The van der Waals surface area contributed by atoms with Crippen molar-refractivity contribution in [2.45, 2.75) is 12.7 Å². The van der Waals surface area contributed by atoms with Crippen LogP contribution in [0.1, 0.15) is 21.6 Å². The summed E-state index contributed by atoms with van der Waals surface area (Å²) in [6, 6.07) is 0. The van der Waals surface area contributed by atoms with Crippen LogP contribution in [0.15, 0.2) is 6.20 Å². The highest BCUT2D eigenvalue weighted by Crippen LogP contribution is 2.18. The Bertz CT molecular complexity index is 285. The number of thioether (sulfide) groups is 1. The predicted molar refractivity (Wildman–Crippen MR) is 55.3 cm³/mol. The van der Waals surface area contributed by atoms with E-state index >= 15 is 0 Å². The van der Waals surface area contributed by atoms with E-state index in [0.29, 0.717) is 4.88 Å². The number of rotatable bonds is 4. The summed E-state index contributed by atoms with van der Waals surface area (Å²) in [5.41, 5.74) is 0. The Balaban J connectivity index is 2.58. The van der Waals surface area contributed by atoms with Crippen molar-refractivity contribution in [2.75, 3.05) is 12.9 Å². The molecule has 1 aromatic heterocycles. The number of carbonyl (C=O) groups is 1. The summed E-state index contributed by atoms with van der Waals surface area (Å²) in [5, 5.41) is 0.979. The van der Waals surface area contributed by atoms with Crippen molar-refractivity contribution in [1.29, 1.82) is 0 Å². The number of esters is 1. The van der Waals surface area contributed by atoms with Crippen LogP contribution in [0.5, 0.6) is 0 Å². The van der Waals surface area contributed by atoms with Gasteiger partial charge in [-0.15, -0.1) is 11.3 Å². The number of aromatic nitrogens is 1. The molecule has 0 amide bonds. The minimum atomic E-state index is -0.301. The second-order valence-corrected chi connectivity index (χ2v) is 4.64. The molecule has 0 fully saturated rings. The third kappa shape index (κ3) is 3.00. The maximum atomic E-state index is 11.0. The molecule has 0 unspecified atom stereocenters. The van der Waals surface area contributed by atoms with Gasteiger partial charge in [0.1, 0.15) is 9.88 Å². The number of hydrogen-bond donors (Lipinski definition) is 0. The monoisotopic (exact) mass is 217 g/mol. The Hall–Kier alpha value is -0.550. The van der Waals surface area contributed by atoms with Crippen LogP contribution < -0.4 is 0 Å². The first-order chi connectivity index (χ1) is 6.27. The van der Waals surface area contributed by atoms with E-state index in [1.54, 1.807) is 18.0 Å². The molecular formula is C8H11NO2S2. The Morgan fingerprint density at radius 2 is 2.54 bits per heavy atom. The van der Waals surface area contributed by atoms with Gasteiger partial charge in [-0.05, 0) is 5.75 Å². The van der Waals surface area contributed by atoms with Gasteiger partial charge in [-0.25, -0.2) is 9.78 Å². The van der Waals surface area contributed by atoms with Gasteiger partial charge in [0.05, 0.1) is 13.3 Å². The molecule has 1 aromatic rings. The first-order valence-corrected chi connectivity index (χ1v) is 5.85. The van der Waals surface area contributed by atoms with Crippen molar-refractivity contribution in [3.05, 3.63) is 16.1 Å². The molecule has 0 saturated carbocycles. The average molecular weight is 217 g/mol. The molecule has 0 N–H and O–H groups in total. The van der Waals surface area contributed by atoms with E-state index in [0.717, 1.165) is 16.5 Å². The molecule has 0 bridgehead atoms. The topological polar surface area (TPSA) is 39.2 Å². The van der Waals surface area contributed by atoms with Gasteiger partial charge < -0.3 is 4.74 Å². The summed E-state index contributed by atoms with van der Waals surface area (Å²) in [6.07, 6.45) is 1.57. The molecule has 0 aliphatic carbocycles. The molecule has 1 heterocycles. The fraction of sp³-hybridized carbons (Fsp3) is 0.500. The van der Waals surface area contributed by atoms with E-state index in [1.165, 1.54) is 18.4 Å². The number of nitrogens with zero attached hydrogens (tertiary/aromatic N) is 1. The van der Waals surface area contributed by atoms with Gasteiger partial charge in [0.25, 0.3) is 0 Å². The van der Waals surface area contributed by atoms with E-state index in [9.17, 15) is 4.79 Å². The molecule has 0 atom stereocenters. The van der Waals surface area contributed by atoms with E-state index in [2.05, 4.69) is 16.6 Å². The van der Waals surface area contributed by atoms with Gasteiger partial charge in [-0.1, -0.05) is 6.92 Å². The predicted octanol–water partition coefficient (Wildman–Crippen LogP) is 2.18. The molecule has 0 aliphatic heterocycles. The fourth-order valence-corrected chi connectivity index (χ4v) is 2.33. The van der Waals surface area contributed by atoms with Crippen LogP contribution >= 0.6 is 23.1 Å². The summed E-state index contributed by atoms with van der Waals surface area (Å²) in [6.45, 7) is 2.10. The number of ether oxygens (including phenoxy) is 1. The molecule has 0 spiro atoms. The molecule has 3 nitrogen and oxygen atoms in total. The lowest BCUT2D eigenvalue weighted by Crippen LogP contribution is -1.96. The third-order valence-corrected chi connectivity index (χ3v) is 3.42. The second kappa shape index (κ2) is 5.24. The molecule has 1 rings (SSSR count). The molecule has 0 saturated heterocycles. The van der Waals surface area contributed by atoms with Crippen LogP contribution in [0.25, 0.3) is 0 Å². The quantitative estimate of drug-likeness (QED) is 0.725. The maximum Gasteiger partial charge on any atom is 0.349 e. The highest BCUT2D eigenvalue weighted by atomic mass is 32.2. The van der Waals surface area contributed by atoms with Crippen LogP contribution in [0.3, 0.4) is 0 Å². The maximum absolute atomic E-state index is 11.0. The molecular weight excluding hydrogens is 206 g/mol. The molecule has 13 heavy (non-hydrogen) atoms. The lowest BCUT2D eigenvalue weighted by Gasteiger charge is -1.92. The van der Waals surface area contributed by atoms with E-state index < -0.39 is 0 Å². The van der Waals surface area contributed by atoms with Gasteiger partial charge >= 0.3 is 5.97 Å². The molecule has 0 aliphatic rings. The largest absolute Gasteiger partial charge is 0.465 e. The van der Waals surface area contributed by atoms with Gasteiger partial charge in [0, 0.05) is 5.75 Å². The van der Waals surface area contributed by atoms with Crippen molar-refractivity contribution >= 4 is 29.1 Å². The molecule has 0 aromatic carbocycles. The average Bonchev–Trinajstić information content (AvgIpc) is 2.62. The fourth-order valence-electron chi connectivity index (χ4n) is 0.761. The van der Waals surface area contributed by atoms with Crippen LogP contribution in [-0.2, 0) is 10.5 Å². The van der Waals surface area contributed by atoms with Crippen molar-refractivity contribution in [3.8, 4) is 0 Å². The Kier molecular flexibility index (Phi) is 4.24. The third-order valence-electron chi connectivity index (χ3n) is 1.37. The van der Waals surface area contributed by atoms with Crippen LogP contribution in [0, 0.1) is 0 Å². The zero-order chi connectivity index (χ0) is 9.68. The lowest BCUT2D eigenvalue weighted by atomic mass is 10.6. The van der Waals surface area contributed by atoms with Crippen molar-refractivity contribution in [1.82, 2.24) is 4.98 Å². The second-order valence-electron chi connectivity index (χ2n) is 2.25. The van der Waals surface area contributed by atoms with Crippen molar-refractivity contribution in [3.63, 3.8) is 0 Å². The van der Waals surface area contributed by atoms with Gasteiger partial charge in [0.2, 0.25) is 0 Å². The standard InChI is InChI=1S/C8H11NO2S2/c1-3-12-5-7-9-4-6(13-7)8(10)11-2/h4H,3,5H2,1-2H3. The normalized spacial score (nSPS) is 10.0. The lowest BCUT2D eigenvalue weighted by molar-refractivity contribution is 0.0606. The zero-order valence-electron chi connectivity index (χ0n) is 7.57. The first kappa shape index (κ1) is 10.5. The Morgan fingerprint density at radius 1 is 1.77 bits per heavy atom. The van der Waals surface area contributed by atoms with Gasteiger partial charge in [-0.2, -0.15) is 11.8 Å². The summed E-state index contributed by atoms with van der Waals surface area (Å²) in [4.78, 5) is 15.7. The highest BCUT2D eigenvalue weighted by Gasteiger charge is 2.09. The molecule has 72 valence electrons. The summed E-state index contributed by atoms with van der Waals surface area (Å²) in [7, 11) is 1.38. The smallest absolute Gasteiger partial charge is 0.349 e. The minimum absolute atomic E-state index is 0.301. The number of hydrogen-bond acceptors (Lipinski definition) is 5. The van der Waals surface area contributed by atoms with Crippen LogP contribution in [0.2, 0.25) is 0 Å². The van der Waals surface area contributed by atoms with E-state index in [-0.39, 0.29) is 5.97 Å². The molecule has 5 heteroatoms. The Morgan fingerprint density at radius 3 is 3.15 bits per heavy atom. The minimum Gasteiger partial charge on any atom is -0.465 e. The van der Waals surface area contributed by atoms with Crippen LogP contribution in [-0.4, -0.2) is 23.8 Å². The van der Waals surface area contributed by atoms with Crippen molar-refractivity contribution in [2.24, 2.45) is 0 Å².